The second kappa shape index (κ2) is 5.87. The van der Waals surface area contributed by atoms with E-state index in [4.69, 9.17) is 9.26 Å². The van der Waals surface area contributed by atoms with Crippen LogP contribution in [0.25, 0.3) is 0 Å². The van der Waals surface area contributed by atoms with Crippen molar-refractivity contribution in [3.63, 3.8) is 0 Å². The van der Waals surface area contributed by atoms with Crippen LogP contribution in [0.4, 0.5) is 5.82 Å². The molecule has 3 rings (SSSR count). The van der Waals surface area contributed by atoms with Crippen LogP contribution in [-0.4, -0.2) is 23.5 Å². The van der Waals surface area contributed by atoms with Crippen molar-refractivity contribution in [2.45, 2.75) is 33.1 Å². The number of ketones is 1. The molecule has 0 saturated carbocycles. The van der Waals surface area contributed by atoms with Gasteiger partial charge < -0.3 is 14.6 Å². The lowest BCUT2D eigenvalue weighted by atomic mass is 9.97. The largest absolute Gasteiger partial charge is 0.483 e. The zero-order valence-corrected chi connectivity index (χ0v) is 13.3. The lowest BCUT2D eigenvalue weighted by molar-refractivity contribution is -0.118. The Morgan fingerprint density at radius 3 is 2.91 bits per heavy atom. The summed E-state index contributed by atoms with van der Waals surface area (Å²) in [4.78, 5) is 24.1. The average molecular weight is 314 g/mol. The van der Waals surface area contributed by atoms with Crippen molar-refractivity contribution in [3.8, 4) is 5.75 Å². The summed E-state index contributed by atoms with van der Waals surface area (Å²) >= 11 is 0. The monoisotopic (exact) mass is 314 g/mol. The number of ether oxygens (including phenoxy) is 1. The van der Waals surface area contributed by atoms with E-state index in [2.05, 4.69) is 10.5 Å². The van der Waals surface area contributed by atoms with Crippen LogP contribution in [0.2, 0.25) is 0 Å². The molecular weight excluding hydrogens is 296 g/mol. The zero-order chi connectivity index (χ0) is 16.6. The highest BCUT2D eigenvalue weighted by atomic mass is 16.5. The Morgan fingerprint density at radius 2 is 2.22 bits per heavy atom. The number of hydrogen-bond donors (Lipinski definition) is 1. The number of carbonyl (C=O) groups excluding carboxylic acids is 2. The zero-order valence-electron chi connectivity index (χ0n) is 13.3. The first-order valence-electron chi connectivity index (χ1n) is 7.48. The summed E-state index contributed by atoms with van der Waals surface area (Å²) in [5.74, 6) is 1.32. The normalized spacial score (nSPS) is 16.3. The van der Waals surface area contributed by atoms with Gasteiger partial charge in [0, 0.05) is 12.5 Å². The van der Waals surface area contributed by atoms with E-state index in [0.29, 0.717) is 29.3 Å². The van der Waals surface area contributed by atoms with Gasteiger partial charge in [0.05, 0.1) is 5.56 Å². The molecule has 0 unspecified atom stereocenters. The molecule has 1 N–H and O–H groups in total. The Kier molecular flexibility index (Phi) is 3.90. The highest BCUT2D eigenvalue weighted by Crippen LogP contribution is 2.40. The van der Waals surface area contributed by atoms with Crippen LogP contribution < -0.4 is 10.1 Å². The van der Waals surface area contributed by atoms with Gasteiger partial charge in [-0.1, -0.05) is 18.1 Å². The lowest BCUT2D eigenvalue weighted by Crippen LogP contribution is -2.21. The number of anilines is 1. The van der Waals surface area contributed by atoms with Gasteiger partial charge in [-0.3, -0.25) is 9.59 Å². The van der Waals surface area contributed by atoms with Crippen molar-refractivity contribution in [2.75, 3.05) is 11.9 Å². The van der Waals surface area contributed by atoms with E-state index in [-0.39, 0.29) is 24.2 Å². The van der Waals surface area contributed by atoms with Crippen LogP contribution >= 0.6 is 0 Å². The molecule has 1 heterocycles. The SMILES string of the molecule is Cc1cc(NC(=O)COc2ccc(C)c3c2C(=O)C[C@H]3C)no1. The van der Waals surface area contributed by atoms with Crippen LogP contribution in [-0.2, 0) is 4.79 Å². The number of hydrogen-bond acceptors (Lipinski definition) is 5. The van der Waals surface area contributed by atoms with E-state index >= 15 is 0 Å². The predicted octanol–water partition coefficient (Wildman–Crippen LogP) is 3.00. The van der Waals surface area contributed by atoms with E-state index in [0.717, 1.165) is 11.1 Å². The summed E-state index contributed by atoms with van der Waals surface area (Å²) in [5.41, 5.74) is 2.72. The topological polar surface area (TPSA) is 81.4 Å². The summed E-state index contributed by atoms with van der Waals surface area (Å²) in [5, 5.41) is 6.26. The van der Waals surface area contributed by atoms with Crippen molar-refractivity contribution in [3.05, 3.63) is 40.6 Å². The molecule has 1 amide bonds. The summed E-state index contributed by atoms with van der Waals surface area (Å²) in [6, 6.07) is 5.28. The Bertz CT molecular complexity index is 779. The maximum Gasteiger partial charge on any atom is 0.263 e. The molecule has 6 nitrogen and oxygen atoms in total. The minimum Gasteiger partial charge on any atom is -0.483 e. The van der Waals surface area contributed by atoms with E-state index in [1.54, 1.807) is 19.1 Å². The van der Waals surface area contributed by atoms with Crippen LogP contribution in [0.1, 0.15) is 46.5 Å². The molecule has 0 radical (unpaired) electrons. The molecule has 1 aliphatic carbocycles. The Balaban J connectivity index is 1.72. The summed E-state index contributed by atoms with van der Waals surface area (Å²) in [6.07, 6.45) is 0.487. The average Bonchev–Trinajstić information content (AvgIpc) is 3.02. The van der Waals surface area contributed by atoms with Crippen molar-refractivity contribution >= 4 is 17.5 Å². The van der Waals surface area contributed by atoms with E-state index < -0.39 is 0 Å². The molecule has 0 saturated heterocycles. The number of benzene rings is 1. The highest BCUT2D eigenvalue weighted by Gasteiger charge is 2.31. The van der Waals surface area contributed by atoms with Gasteiger partial charge in [0.25, 0.3) is 5.91 Å². The molecule has 0 bridgehead atoms. The van der Waals surface area contributed by atoms with E-state index in [9.17, 15) is 9.59 Å². The van der Waals surface area contributed by atoms with Crippen molar-refractivity contribution in [1.82, 2.24) is 5.16 Å². The minimum absolute atomic E-state index is 0.0683. The number of aromatic nitrogens is 1. The third kappa shape index (κ3) is 2.97. The number of fused-ring (bicyclic) bond motifs is 1. The standard InChI is InChI=1S/C17H18N2O4/c1-9-4-5-13(17-12(20)6-10(2)16(9)17)22-8-15(21)18-14-7-11(3)23-19-14/h4-5,7,10H,6,8H2,1-3H3,(H,18,19,21)/t10-/m1/s1. The number of nitrogens with zero attached hydrogens (tertiary/aromatic N) is 1. The van der Waals surface area contributed by atoms with E-state index in [1.807, 2.05) is 19.9 Å². The molecule has 0 aliphatic heterocycles. The van der Waals surface area contributed by atoms with Crippen LogP contribution in [0.15, 0.2) is 22.7 Å². The molecular formula is C17H18N2O4. The highest BCUT2D eigenvalue weighted by molar-refractivity contribution is 6.04. The van der Waals surface area contributed by atoms with E-state index in [1.165, 1.54) is 0 Å². The van der Waals surface area contributed by atoms with Crippen molar-refractivity contribution in [1.29, 1.82) is 0 Å². The first-order chi connectivity index (χ1) is 11.0. The number of amides is 1. The number of nitrogens with one attached hydrogen (secondary N) is 1. The number of carbonyl (C=O) groups is 2. The molecule has 0 fully saturated rings. The van der Waals surface area contributed by atoms with Gasteiger partial charge in [0.1, 0.15) is 11.5 Å². The number of Topliss-reactive ketones (excluding diaryl/α,β-unsaturated/α-hetero) is 1. The van der Waals surface area contributed by atoms with Gasteiger partial charge in [0.2, 0.25) is 0 Å². The van der Waals surface area contributed by atoms with Crippen LogP contribution in [0.3, 0.4) is 0 Å². The molecule has 120 valence electrons. The third-order valence-corrected chi connectivity index (χ3v) is 3.94. The summed E-state index contributed by atoms with van der Waals surface area (Å²) < 4.78 is 10.4. The Morgan fingerprint density at radius 1 is 1.43 bits per heavy atom. The second-order valence-corrected chi connectivity index (χ2v) is 5.86. The summed E-state index contributed by atoms with van der Waals surface area (Å²) in [7, 11) is 0. The Hall–Kier alpha value is -2.63. The molecule has 1 aliphatic rings. The van der Waals surface area contributed by atoms with Crippen LogP contribution in [0.5, 0.6) is 5.75 Å². The fraction of sp³-hybridized carbons (Fsp3) is 0.353. The van der Waals surface area contributed by atoms with Gasteiger partial charge in [0.15, 0.2) is 18.2 Å². The van der Waals surface area contributed by atoms with Gasteiger partial charge >= 0.3 is 0 Å². The lowest BCUT2D eigenvalue weighted by Gasteiger charge is -2.13. The first kappa shape index (κ1) is 15.3. The molecule has 2 aromatic rings. The smallest absolute Gasteiger partial charge is 0.263 e. The number of aryl methyl sites for hydroxylation is 2. The maximum absolute atomic E-state index is 12.2. The first-order valence-corrected chi connectivity index (χ1v) is 7.48. The Labute approximate surface area is 133 Å². The maximum atomic E-state index is 12.2. The van der Waals surface area contributed by atoms with Crippen molar-refractivity contribution in [2.24, 2.45) is 0 Å². The third-order valence-electron chi connectivity index (χ3n) is 3.94. The van der Waals surface area contributed by atoms with Gasteiger partial charge in [-0.15, -0.1) is 0 Å². The predicted molar refractivity (Wildman–Crippen MR) is 83.9 cm³/mol. The van der Waals surface area contributed by atoms with Gasteiger partial charge in [-0.25, -0.2) is 0 Å². The molecule has 1 aromatic heterocycles. The number of rotatable bonds is 4. The van der Waals surface area contributed by atoms with Crippen molar-refractivity contribution < 1.29 is 18.8 Å². The fourth-order valence-electron chi connectivity index (χ4n) is 2.98. The fourth-order valence-corrected chi connectivity index (χ4v) is 2.98. The minimum atomic E-state index is -0.355. The molecule has 1 atom stereocenters. The molecule has 1 aromatic carbocycles. The van der Waals surface area contributed by atoms with Gasteiger partial charge in [-0.2, -0.15) is 0 Å². The quantitative estimate of drug-likeness (QED) is 0.938. The van der Waals surface area contributed by atoms with Crippen LogP contribution in [0, 0.1) is 13.8 Å². The van der Waals surface area contributed by atoms with Gasteiger partial charge in [-0.05, 0) is 37.0 Å². The summed E-state index contributed by atoms with van der Waals surface area (Å²) in [6.45, 7) is 5.56. The molecule has 6 heteroatoms. The molecule has 0 spiro atoms. The molecule has 23 heavy (non-hydrogen) atoms. The second-order valence-electron chi connectivity index (χ2n) is 5.86.